The van der Waals surface area contributed by atoms with E-state index in [1.165, 1.54) is 29.4 Å². The number of anilines is 1. The minimum atomic E-state index is -1.39. The summed E-state index contributed by atoms with van der Waals surface area (Å²) in [6, 6.07) is 3.33. The number of likely N-dealkylation sites (tertiary alicyclic amines) is 1. The molecule has 1 saturated heterocycles. The Bertz CT molecular complexity index is 1320. The van der Waals surface area contributed by atoms with Gasteiger partial charge in [0.1, 0.15) is 36.4 Å². The van der Waals surface area contributed by atoms with Gasteiger partial charge >= 0.3 is 6.09 Å². The van der Waals surface area contributed by atoms with Gasteiger partial charge in [-0.1, -0.05) is 23.7 Å². The average Bonchev–Trinajstić information content (AvgIpc) is 3.46. The Hall–Kier alpha value is -4.07. The molecule has 1 aromatic carbocycles. The number of benzene rings is 1. The number of hydrogen-bond donors (Lipinski definition) is 4. The van der Waals surface area contributed by atoms with E-state index in [4.69, 9.17) is 16.7 Å². The molecule has 37 heavy (non-hydrogen) atoms. The molecule has 4 N–H and O–H groups in total. The van der Waals surface area contributed by atoms with E-state index in [-0.39, 0.29) is 49.7 Å². The van der Waals surface area contributed by atoms with Crippen molar-refractivity contribution in [2.45, 2.75) is 31.7 Å². The topological polar surface area (TPSA) is 154 Å². The lowest BCUT2D eigenvalue weighted by molar-refractivity contribution is -0.139. The van der Waals surface area contributed by atoms with Crippen molar-refractivity contribution >= 4 is 46.5 Å². The predicted octanol–water partition coefficient (Wildman–Crippen LogP) is 1.55. The molecule has 3 heterocycles. The van der Waals surface area contributed by atoms with Crippen LogP contribution in [0.1, 0.15) is 12.0 Å². The van der Waals surface area contributed by atoms with Crippen molar-refractivity contribution in [1.29, 1.82) is 0 Å². The van der Waals surface area contributed by atoms with Crippen molar-refractivity contribution in [2.24, 2.45) is 0 Å². The fourth-order valence-corrected chi connectivity index (χ4v) is 4.20. The number of hydrogen-bond acceptors (Lipinski definition) is 7. The maximum Gasteiger partial charge on any atom is 0.404 e. The Kier molecular flexibility index (Phi) is 7.96. The third-order valence-electron chi connectivity index (χ3n) is 5.76. The normalized spacial score (nSPS) is 17.1. The number of alkyl halides is 1. The fourth-order valence-electron chi connectivity index (χ4n) is 4.01. The molecule has 3 amide bonds. The standard InChI is InChI=1S/C22H23ClF2N8O4/c23-14-3-1-2-12(17(14)25)7-28-21(35)15-6-13(24)8-33(15)16(34)9-32-11-31-18-19(29-10-30-20(18)32)26-4-5-27-22(36)37/h1-3,10-11,13,15,27H,4-9H2,(H,28,35)(H,36,37)(H,26,29,30)/t13-,15+/m1/s1. The molecule has 2 atom stereocenters. The van der Waals surface area contributed by atoms with E-state index in [1.807, 2.05) is 0 Å². The first-order valence-corrected chi connectivity index (χ1v) is 11.6. The van der Waals surface area contributed by atoms with Crippen LogP contribution in [0.2, 0.25) is 5.02 Å². The Labute approximate surface area is 214 Å². The number of fused-ring (bicyclic) bond motifs is 1. The summed E-state index contributed by atoms with van der Waals surface area (Å²) in [7, 11) is 0. The number of imidazole rings is 1. The Morgan fingerprint density at radius 1 is 1.16 bits per heavy atom. The first-order chi connectivity index (χ1) is 17.7. The fraction of sp³-hybridized carbons (Fsp3) is 0.364. The van der Waals surface area contributed by atoms with Gasteiger partial charge in [0, 0.05) is 31.6 Å². The molecule has 1 aliphatic heterocycles. The zero-order valence-corrected chi connectivity index (χ0v) is 20.1. The second kappa shape index (κ2) is 11.3. The molecule has 0 spiro atoms. The van der Waals surface area contributed by atoms with E-state index in [0.717, 1.165) is 4.90 Å². The SMILES string of the molecule is O=C(O)NCCNc1ncnc2c1ncn2CC(=O)N1C[C@H](F)C[C@H]1C(=O)NCc1cccc(Cl)c1F. The highest BCUT2D eigenvalue weighted by atomic mass is 35.5. The van der Waals surface area contributed by atoms with Crippen LogP contribution in [0.5, 0.6) is 0 Å². The van der Waals surface area contributed by atoms with Gasteiger partial charge in [0.2, 0.25) is 11.8 Å². The van der Waals surface area contributed by atoms with Crippen LogP contribution in [0.4, 0.5) is 19.4 Å². The van der Waals surface area contributed by atoms with Crippen molar-refractivity contribution < 1.29 is 28.3 Å². The molecule has 1 aliphatic rings. The molecule has 0 bridgehead atoms. The zero-order valence-electron chi connectivity index (χ0n) is 19.3. The molecule has 2 aromatic heterocycles. The summed E-state index contributed by atoms with van der Waals surface area (Å²) in [6.07, 6.45) is -0.0896. The van der Waals surface area contributed by atoms with Crippen LogP contribution in [0.15, 0.2) is 30.9 Å². The highest BCUT2D eigenvalue weighted by Crippen LogP contribution is 2.23. The monoisotopic (exact) mass is 536 g/mol. The van der Waals surface area contributed by atoms with Crippen LogP contribution in [-0.4, -0.2) is 79.3 Å². The molecular weight excluding hydrogens is 514 g/mol. The van der Waals surface area contributed by atoms with Gasteiger partial charge in [-0.2, -0.15) is 0 Å². The molecule has 3 aromatic rings. The van der Waals surface area contributed by atoms with Crippen LogP contribution in [0.3, 0.4) is 0 Å². The van der Waals surface area contributed by atoms with Crippen LogP contribution >= 0.6 is 11.6 Å². The molecule has 4 rings (SSSR count). The number of aromatic nitrogens is 4. The Morgan fingerprint density at radius 3 is 2.76 bits per heavy atom. The molecule has 0 unspecified atom stereocenters. The maximum absolute atomic E-state index is 14.3. The van der Waals surface area contributed by atoms with E-state index in [0.29, 0.717) is 17.0 Å². The molecule has 196 valence electrons. The van der Waals surface area contributed by atoms with Crippen molar-refractivity contribution in [3.05, 3.63) is 47.3 Å². The van der Waals surface area contributed by atoms with Gasteiger partial charge in [0.15, 0.2) is 11.5 Å². The highest BCUT2D eigenvalue weighted by Gasteiger charge is 2.39. The van der Waals surface area contributed by atoms with Gasteiger partial charge in [-0.15, -0.1) is 0 Å². The smallest absolute Gasteiger partial charge is 0.404 e. The highest BCUT2D eigenvalue weighted by molar-refractivity contribution is 6.30. The van der Waals surface area contributed by atoms with E-state index < -0.39 is 35.9 Å². The average molecular weight is 537 g/mol. The molecule has 0 saturated carbocycles. The van der Waals surface area contributed by atoms with Crippen molar-refractivity contribution in [3.63, 3.8) is 0 Å². The van der Waals surface area contributed by atoms with Crippen molar-refractivity contribution in [3.8, 4) is 0 Å². The first kappa shape index (κ1) is 26.0. The van der Waals surface area contributed by atoms with Crippen molar-refractivity contribution in [1.82, 2.24) is 35.1 Å². The number of carbonyl (C=O) groups excluding carboxylic acids is 2. The lowest BCUT2D eigenvalue weighted by Crippen LogP contribution is -2.46. The van der Waals surface area contributed by atoms with Gasteiger partial charge in [0.25, 0.3) is 0 Å². The summed E-state index contributed by atoms with van der Waals surface area (Å²) >= 11 is 5.77. The van der Waals surface area contributed by atoms with Crippen LogP contribution in [-0.2, 0) is 22.7 Å². The second-order valence-electron chi connectivity index (χ2n) is 8.25. The predicted molar refractivity (Wildman–Crippen MR) is 128 cm³/mol. The number of rotatable bonds is 9. The minimum Gasteiger partial charge on any atom is -0.465 e. The quantitative estimate of drug-likeness (QED) is 0.300. The third kappa shape index (κ3) is 6.02. The lowest BCUT2D eigenvalue weighted by atomic mass is 10.1. The van der Waals surface area contributed by atoms with E-state index >= 15 is 0 Å². The van der Waals surface area contributed by atoms with Gasteiger partial charge < -0.3 is 30.5 Å². The van der Waals surface area contributed by atoms with Crippen LogP contribution < -0.4 is 16.0 Å². The van der Waals surface area contributed by atoms with Crippen molar-refractivity contribution in [2.75, 3.05) is 25.0 Å². The Balaban J connectivity index is 1.42. The summed E-state index contributed by atoms with van der Waals surface area (Å²) < 4.78 is 29.8. The number of halogens is 3. The van der Waals surface area contributed by atoms with E-state index in [1.54, 1.807) is 6.07 Å². The zero-order chi connectivity index (χ0) is 26.5. The summed E-state index contributed by atoms with van der Waals surface area (Å²) in [5.41, 5.74) is 0.847. The van der Waals surface area contributed by atoms with Gasteiger partial charge in [0.05, 0.1) is 17.9 Å². The largest absolute Gasteiger partial charge is 0.465 e. The van der Waals surface area contributed by atoms with Crippen LogP contribution in [0.25, 0.3) is 11.2 Å². The lowest BCUT2D eigenvalue weighted by Gasteiger charge is -2.24. The molecule has 1 fully saturated rings. The maximum atomic E-state index is 14.3. The number of nitrogens with zero attached hydrogens (tertiary/aromatic N) is 5. The van der Waals surface area contributed by atoms with E-state index in [2.05, 4.69) is 30.9 Å². The van der Waals surface area contributed by atoms with Gasteiger partial charge in [-0.25, -0.2) is 28.5 Å². The van der Waals surface area contributed by atoms with E-state index in [9.17, 15) is 23.2 Å². The van der Waals surface area contributed by atoms with Gasteiger partial charge in [-0.05, 0) is 6.07 Å². The molecule has 15 heteroatoms. The second-order valence-corrected chi connectivity index (χ2v) is 8.66. The minimum absolute atomic E-state index is 0.0834. The molecule has 0 aliphatic carbocycles. The molecule has 0 radical (unpaired) electrons. The Morgan fingerprint density at radius 2 is 1.97 bits per heavy atom. The third-order valence-corrected chi connectivity index (χ3v) is 6.05. The number of carboxylic acid groups (broad SMARTS) is 1. The molecular formula is C22H23ClF2N8O4. The number of nitrogens with one attached hydrogen (secondary N) is 3. The number of carbonyl (C=O) groups is 3. The summed E-state index contributed by atoms with van der Waals surface area (Å²) in [5, 5.41) is 16.3. The summed E-state index contributed by atoms with van der Waals surface area (Å²) in [4.78, 5) is 50.1. The van der Waals surface area contributed by atoms with Gasteiger partial charge in [-0.3, -0.25) is 9.59 Å². The summed E-state index contributed by atoms with van der Waals surface area (Å²) in [5.74, 6) is -1.44. The molecule has 12 nitrogen and oxygen atoms in total. The number of amides is 3. The van der Waals surface area contributed by atoms with Crippen LogP contribution in [0, 0.1) is 5.82 Å². The first-order valence-electron chi connectivity index (χ1n) is 11.2. The summed E-state index contributed by atoms with van der Waals surface area (Å²) in [6.45, 7) is -0.305.